The lowest BCUT2D eigenvalue weighted by Gasteiger charge is -2.14. The molecular formula is C52H31N3S. The van der Waals surface area contributed by atoms with Crippen LogP contribution >= 0.6 is 11.3 Å². The van der Waals surface area contributed by atoms with Crippen LogP contribution in [0.3, 0.4) is 0 Å². The second kappa shape index (κ2) is 12.2. The number of hydrogen-bond donors (Lipinski definition) is 0. The number of thiophene rings is 1. The zero-order chi connectivity index (χ0) is 36.7. The Kier molecular flexibility index (Phi) is 6.80. The van der Waals surface area contributed by atoms with E-state index in [1.807, 2.05) is 17.4 Å². The number of nitrogens with zero attached hydrogens (tertiary/aromatic N) is 3. The Morgan fingerprint density at radius 2 is 0.875 bits per heavy atom. The van der Waals surface area contributed by atoms with E-state index in [0.717, 1.165) is 45.1 Å². The van der Waals surface area contributed by atoms with Gasteiger partial charge in [0.25, 0.3) is 0 Å². The average molecular weight is 730 g/mol. The van der Waals surface area contributed by atoms with E-state index < -0.39 is 0 Å². The normalized spacial score (nSPS) is 11.9. The lowest BCUT2D eigenvalue weighted by atomic mass is 9.94. The van der Waals surface area contributed by atoms with E-state index in [1.54, 1.807) is 0 Å². The smallest absolute Gasteiger partial charge is 0.160 e. The first-order valence-electron chi connectivity index (χ1n) is 19.0. The van der Waals surface area contributed by atoms with Gasteiger partial charge in [-0.25, -0.2) is 9.97 Å². The molecule has 0 aliphatic rings. The predicted molar refractivity (Wildman–Crippen MR) is 238 cm³/mol. The van der Waals surface area contributed by atoms with Gasteiger partial charge in [-0.3, -0.25) is 0 Å². The van der Waals surface area contributed by atoms with Crippen LogP contribution in [-0.4, -0.2) is 14.5 Å². The first-order valence-corrected chi connectivity index (χ1v) is 19.8. The maximum Gasteiger partial charge on any atom is 0.160 e. The quantitative estimate of drug-likeness (QED) is 0.169. The lowest BCUT2D eigenvalue weighted by molar-refractivity contribution is 1.18. The molecule has 0 atom stereocenters. The molecule has 0 bridgehead atoms. The molecule has 3 heterocycles. The molecule has 0 amide bonds. The molecule has 0 aliphatic heterocycles. The molecule has 0 aliphatic carbocycles. The van der Waals surface area contributed by atoms with Crippen LogP contribution in [0.15, 0.2) is 188 Å². The van der Waals surface area contributed by atoms with E-state index in [4.69, 9.17) is 9.97 Å². The fourth-order valence-electron chi connectivity index (χ4n) is 8.79. The van der Waals surface area contributed by atoms with Crippen molar-refractivity contribution in [3.05, 3.63) is 188 Å². The number of benzene rings is 9. The van der Waals surface area contributed by atoms with Crippen molar-refractivity contribution in [2.45, 2.75) is 0 Å². The van der Waals surface area contributed by atoms with Crippen LogP contribution in [0.1, 0.15) is 0 Å². The van der Waals surface area contributed by atoms with Gasteiger partial charge in [-0.2, -0.15) is 0 Å². The molecule has 56 heavy (non-hydrogen) atoms. The summed E-state index contributed by atoms with van der Waals surface area (Å²) in [4.78, 5) is 10.5. The fourth-order valence-corrected chi connectivity index (χ4v) is 9.88. The summed E-state index contributed by atoms with van der Waals surface area (Å²) in [5.41, 5.74) is 8.40. The summed E-state index contributed by atoms with van der Waals surface area (Å²) in [6.45, 7) is 0. The molecule has 0 N–H and O–H groups in total. The minimum atomic E-state index is 0.719. The largest absolute Gasteiger partial charge is 0.309 e. The van der Waals surface area contributed by atoms with Crippen molar-refractivity contribution in [2.75, 3.05) is 0 Å². The highest BCUT2D eigenvalue weighted by atomic mass is 32.1. The topological polar surface area (TPSA) is 30.7 Å². The summed E-state index contributed by atoms with van der Waals surface area (Å²) < 4.78 is 4.97. The maximum atomic E-state index is 5.30. The van der Waals surface area contributed by atoms with E-state index in [1.165, 1.54) is 68.8 Å². The lowest BCUT2D eigenvalue weighted by Crippen LogP contribution is -1.96. The summed E-state index contributed by atoms with van der Waals surface area (Å²) >= 11 is 1.83. The summed E-state index contributed by atoms with van der Waals surface area (Å²) in [6.07, 6.45) is 0. The number of para-hydroxylation sites is 1. The third-order valence-electron chi connectivity index (χ3n) is 11.4. The first kappa shape index (κ1) is 31.2. The summed E-state index contributed by atoms with van der Waals surface area (Å²) in [5, 5.41) is 12.5. The van der Waals surface area contributed by atoms with Crippen LogP contribution in [0.2, 0.25) is 0 Å². The molecule has 0 saturated heterocycles. The van der Waals surface area contributed by atoms with E-state index in [-0.39, 0.29) is 0 Å². The molecule has 9 aromatic carbocycles. The Hall–Kier alpha value is -7.14. The van der Waals surface area contributed by atoms with Crippen molar-refractivity contribution in [3.8, 4) is 39.6 Å². The molecule has 0 unspecified atom stereocenters. The Balaban J connectivity index is 1.06. The molecule has 0 radical (unpaired) electrons. The van der Waals surface area contributed by atoms with Gasteiger partial charge in [-0.05, 0) is 93.0 Å². The summed E-state index contributed by atoms with van der Waals surface area (Å²) in [7, 11) is 0. The van der Waals surface area contributed by atoms with E-state index in [9.17, 15) is 0 Å². The third-order valence-corrected chi connectivity index (χ3v) is 12.5. The summed E-state index contributed by atoms with van der Waals surface area (Å²) in [6, 6.07) is 67.9. The monoisotopic (exact) mass is 729 g/mol. The number of fused-ring (bicyclic) bond motifs is 12. The average Bonchev–Trinajstić information content (AvgIpc) is 3.81. The van der Waals surface area contributed by atoms with Gasteiger partial charge < -0.3 is 4.57 Å². The molecule has 3 aromatic heterocycles. The molecule has 0 spiro atoms. The van der Waals surface area contributed by atoms with Gasteiger partial charge in [0.05, 0.1) is 22.4 Å². The van der Waals surface area contributed by atoms with Crippen LogP contribution in [0.4, 0.5) is 0 Å². The van der Waals surface area contributed by atoms with Crippen LogP contribution in [0.5, 0.6) is 0 Å². The van der Waals surface area contributed by atoms with Gasteiger partial charge in [0.1, 0.15) is 0 Å². The number of rotatable bonds is 4. The van der Waals surface area contributed by atoms with Crippen molar-refractivity contribution in [2.24, 2.45) is 0 Å². The molecule has 3 nitrogen and oxygen atoms in total. The van der Waals surface area contributed by atoms with Gasteiger partial charge in [-0.1, -0.05) is 127 Å². The Bertz CT molecular complexity index is 3510. The highest BCUT2D eigenvalue weighted by Crippen LogP contribution is 2.40. The first-order chi connectivity index (χ1) is 27.7. The van der Waals surface area contributed by atoms with Crippen molar-refractivity contribution in [1.82, 2.24) is 14.5 Å². The molecule has 0 saturated carbocycles. The molecule has 4 heteroatoms. The Labute approximate surface area is 326 Å². The van der Waals surface area contributed by atoms with Crippen LogP contribution < -0.4 is 0 Å². The highest BCUT2D eigenvalue weighted by Gasteiger charge is 2.18. The second-order valence-corrected chi connectivity index (χ2v) is 15.6. The van der Waals surface area contributed by atoms with Crippen molar-refractivity contribution < 1.29 is 0 Å². The molecule has 12 aromatic rings. The molecule has 0 fully saturated rings. The predicted octanol–water partition coefficient (Wildman–Crippen LogP) is 14.4. The van der Waals surface area contributed by atoms with Crippen molar-refractivity contribution in [3.63, 3.8) is 0 Å². The van der Waals surface area contributed by atoms with E-state index in [0.29, 0.717) is 0 Å². The zero-order valence-electron chi connectivity index (χ0n) is 30.1. The molecule has 12 rings (SSSR count). The zero-order valence-corrected chi connectivity index (χ0v) is 31.0. The number of hydrogen-bond acceptors (Lipinski definition) is 3. The van der Waals surface area contributed by atoms with Crippen molar-refractivity contribution in [1.29, 1.82) is 0 Å². The fraction of sp³-hybridized carbons (Fsp3) is 0. The Morgan fingerprint density at radius 3 is 1.64 bits per heavy atom. The van der Waals surface area contributed by atoms with Gasteiger partial charge in [0.15, 0.2) is 5.82 Å². The standard InChI is InChI=1S/C52H31N3S/c1-2-12-32(13-3-1)46-31-47(54-52(53-46)34-23-27-51-45(29-34)42-19-9-11-21-50(42)56-51)33-22-26-49-44(28-33)41-18-8-10-20-48(41)55(49)35-24-25-40-38-16-5-4-14-36(38)37-15-6-7-17-39(37)43(40)30-35/h1-31H. The van der Waals surface area contributed by atoms with Gasteiger partial charge in [0, 0.05) is 53.3 Å². The van der Waals surface area contributed by atoms with Gasteiger partial charge >= 0.3 is 0 Å². The van der Waals surface area contributed by atoms with Crippen LogP contribution in [0, 0.1) is 0 Å². The highest BCUT2D eigenvalue weighted by molar-refractivity contribution is 7.25. The van der Waals surface area contributed by atoms with Crippen LogP contribution in [-0.2, 0) is 0 Å². The summed E-state index contributed by atoms with van der Waals surface area (Å²) in [5.74, 6) is 0.719. The van der Waals surface area contributed by atoms with Gasteiger partial charge in [-0.15, -0.1) is 11.3 Å². The minimum Gasteiger partial charge on any atom is -0.309 e. The third kappa shape index (κ3) is 4.76. The SMILES string of the molecule is c1ccc(-c2cc(-c3ccc4c(c3)c3ccccc3n4-c3ccc4c5ccccc5c5ccccc5c4c3)nc(-c3ccc4sc5ccccc5c4c3)n2)cc1. The van der Waals surface area contributed by atoms with E-state index in [2.05, 4.69) is 187 Å². The van der Waals surface area contributed by atoms with E-state index >= 15 is 0 Å². The molecule has 260 valence electrons. The van der Waals surface area contributed by atoms with Gasteiger partial charge in [0.2, 0.25) is 0 Å². The minimum absolute atomic E-state index is 0.719. The number of aromatic nitrogens is 3. The van der Waals surface area contributed by atoms with Crippen molar-refractivity contribution >= 4 is 85.6 Å². The maximum absolute atomic E-state index is 5.30. The Morgan fingerprint density at radius 1 is 0.321 bits per heavy atom. The second-order valence-electron chi connectivity index (χ2n) is 14.5. The van der Waals surface area contributed by atoms with Crippen LogP contribution in [0.25, 0.3) is 114 Å². The molecular weight excluding hydrogens is 699 g/mol.